The highest BCUT2D eigenvalue weighted by molar-refractivity contribution is 5.76. The molecule has 30 heteroatoms. The maximum Gasteiger partial charge on any atom is 0.321 e. The fraction of sp³-hybridized carbons (Fsp3) is 0.411. The van der Waals surface area contributed by atoms with Crippen molar-refractivity contribution in [3.8, 4) is 55.1 Å². The smallest absolute Gasteiger partial charge is 0.321 e. The maximum atomic E-state index is 10.8. The molecular weight excluding hydrogens is 1120 g/mol. The lowest BCUT2D eigenvalue weighted by molar-refractivity contribution is -0.140. The van der Waals surface area contributed by atoms with E-state index >= 15 is 0 Å². The van der Waals surface area contributed by atoms with Crippen molar-refractivity contribution in [3.63, 3.8) is 0 Å². The number of nitrogens with one attached hydrogen (secondary N) is 6. The van der Waals surface area contributed by atoms with Crippen molar-refractivity contribution in [1.82, 2.24) is 31.9 Å². The molecule has 7 atom stereocenters. The van der Waals surface area contributed by atoms with Crippen LogP contribution in [0.4, 0.5) is 5.69 Å². The van der Waals surface area contributed by atoms with Crippen molar-refractivity contribution in [2.24, 2.45) is 15.3 Å². The van der Waals surface area contributed by atoms with Crippen LogP contribution < -0.4 is 36.6 Å². The lowest BCUT2D eigenvalue weighted by atomic mass is 10.0. The first kappa shape index (κ1) is 82.1. The largest absolute Gasteiger partial charge is 0.481 e. The monoisotopic (exact) mass is 1200 g/mol. The number of likely N-dealkylation sites (N-methyl/N-ethyl adjacent to an activating group) is 6. The molecule has 0 aromatic heterocycles. The van der Waals surface area contributed by atoms with E-state index in [-0.39, 0.29) is 19.6 Å². The van der Waals surface area contributed by atoms with Crippen LogP contribution in [0.2, 0.25) is 0 Å². The average Bonchev–Trinajstić information content (AvgIpc) is 3.65. The molecule has 464 valence electrons. The van der Waals surface area contributed by atoms with Crippen molar-refractivity contribution in [2.45, 2.75) is 94.2 Å². The molecule has 86 heavy (non-hydrogen) atoms. The fourth-order valence-corrected chi connectivity index (χ4v) is 5.81. The molecule has 0 amide bonds. The second kappa shape index (κ2) is 52.7. The second-order valence-corrected chi connectivity index (χ2v) is 16.6. The van der Waals surface area contributed by atoms with Crippen molar-refractivity contribution in [1.29, 1.82) is 0 Å². The second-order valence-electron chi connectivity index (χ2n) is 16.6. The summed E-state index contributed by atoms with van der Waals surface area (Å²) in [6.45, 7) is 1.81. The van der Waals surface area contributed by atoms with Crippen LogP contribution in [0, 0.1) is 49.4 Å². The number of nitrogens with zero attached hydrogens (tertiary/aromatic N) is 9. The molecule has 0 fully saturated rings. The number of hydrogen-bond donors (Lipinski definition) is 13. The van der Waals surface area contributed by atoms with Gasteiger partial charge in [-0.3, -0.25) is 33.6 Å². The number of aliphatic carboxylic acids is 7. The number of hydrogen-bond acceptors (Lipinski definition) is 17. The van der Waals surface area contributed by atoms with Crippen LogP contribution in [-0.4, -0.2) is 175 Å². The van der Waals surface area contributed by atoms with Gasteiger partial charge in [0.1, 0.15) is 54.6 Å². The van der Waals surface area contributed by atoms with Crippen molar-refractivity contribution < 1.29 is 74.0 Å². The van der Waals surface area contributed by atoms with E-state index in [1.807, 2.05) is 36.4 Å². The molecule has 3 rings (SSSR count). The number of ether oxygens (including phenoxy) is 1. The summed E-state index contributed by atoms with van der Waals surface area (Å²) in [4.78, 5) is 80.5. The summed E-state index contributed by atoms with van der Waals surface area (Å²) in [5.74, 6) is 3.77. The summed E-state index contributed by atoms with van der Waals surface area (Å²) in [6, 6.07) is 16.8. The van der Waals surface area contributed by atoms with Gasteiger partial charge in [-0.1, -0.05) is 82.6 Å². The van der Waals surface area contributed by atoms with Gasteiger partial charge in [0.15, 0.2) is 0 Å². The zero-order chi connectivity index (χ0) is 66.4. The van der Waals surface area contributed by atoms with E-state index in [4.69, 9.17) is 82.8 Å². The molecule has 3 aromatic rings. The molecule has 0 saturated heterocycles. The van der Waals surface area contributed by atoms with Crippen molar-refractivity contribution >= 4 is 47.5 Å². The maximum absolute atomic E-state index is 10.8. The van der Waals surface area contributed by atoms with Crippen LogP contribution in [0.1, 0.15) is 54.9 Å². The number of terminal acetylenes is 4. The Hall–Kier alpha value is -10.3. The minimum Gasteiger partial charge on any atom is -0.481 e. The van der Waals surface area contributed by atoms with Gasteiger partial charge in [0.2, 0.25) is 0 Å². The molecule has 13 N–H and O–H groups in total. The Kier molecular flexibility index (Phi) is 50.4. The standard InChI is InChI=1S/C13H15NO3.C12H13NO2.C10H12N4O2.C7H11NO2.C6H9NO2.C4H8N4O2.C4H7N3O2/c1-3-8-17-11-6-4-10(5-7-11)9-12(14-2)13(15)16;1-3-9-4-6-10(7-5-9)8-11(13-2)12(14)15;1-12-9(10(15)16)6-7-2-4-8(5-3-7)13-14-11;1-3-4-5-6(8-2)7(9)10;1-3-4-5(7-2)6(8)9;1-6-3(4(9)10)2-7-8-5;1-2-3(4(8)9)6-7-5/h1,4-7,12,14H,8-9H2,2H3,(H,15,16);1,4-7,11,13H,8H2,2H3,(H,14,15);2-5,9,12H,6H2,1H3,(H,15,16);1,6,8H,4-5H2,2H3,(H,9,10);1,5,7H,4H2,2H3,(H,8,9);3,6H,2H2,1H3,(H,9,10);3H,2H2,1H3,(H,8,9)/t12-;11-;9-;6-;5-;2*3-/m0000000/s1. The molecule has 0 saturated carbocycles. The van der Waals surface area contributed by atoms with E-state index in [2.05, 4.69) is 85.7 Å². The Balaban J connectivity index is -0.000000464. The molecule has 0 bridgehead atoms. The minimum absolute atomic E-state index is 0.0671. The summed E-state index contributed by atoms with van der Waals surface area (Å²) in [6.07, 6.45) is 23.0. The Morgan fingerprint density at radius 2 is 0.907 bits per heavy atom. The van der Waals surface area contributed by atoms with Gasteiger partial charge in [-0.05, 0) is 132 Å². The number of carbonyl (C=O) groups is 7. The van der Waals surface area contributed by atoms with Gasteiger partial charge in [-0.2, -0.15) is 0 Å². The first-order valence-electron chi connectivity index (χ1n) is 25.3. The third-order valence-corrected chi connectivity index (χ3v) is 10.8. The summed E-state index contributed by atoms with van der Waals surface area (Å²) < 4.78 is 5.22. The lowest BCUT2D eigenvalue weighted by Gasteiger charge is -2.11. The molecule has 0 spiro atoms. The van der Waals surface area contributed by atoms with Gasteiger partial charge in [-0.15, -0.1) is 37.5 Å². The number of carboxylic acids is 7. The highest BCUT2D eigenvalue weighted by Crippen LogP contribution is 2.15. The van der Waals surface area contributed by atoms with Gasteiger partial charge in [-0.25, -0.2) is 0 Å². The minimum atomic E-state index is -1.07. The highest BCUT2D eigenvalue weighted by atomic mass is 16.5. The van der Waals surface area contributed by atoms with Gasteiger partial charge < -0.3 is 72.4 Å². The quantitative estimate of drug-likeness (QED) is 0.0196. The molecule has 0 aliphatic heterocycles. The molecule has 0 radical (unpaired) electrons. The molecule has 3 aromatic carbocycles. The fourth-order valence-electron chi connectivity index (χ4n) is 5.81. The van der Waals surface area contributed by atoms with Crippen LogP contribution in [-0.2, 0) is 52.8 Å². The third-order valence-electron chi connectivity index (χ3n) is 10.8. The number of carboxylic acid groups (broad SMARTS) is 7. The van der Waals surface area contributed by atoms with Crippen LogP contribution in [0.15, 0.2) is 88.1 Å². The number of azide groups is 3. The van der Waals surface area contributed by atoms with Gasteiger partial charge in [0, 0.05) is 38.8 Å². The Morgan fingerprint density at radius 3 is 1.17 bits per heavy atom. The lowest BCUT2D eigenvalue weighted by Crippen LogP contribution is -2.36. The first-order chi connectivity index (χ1) is 40.9. The van der Waals surface area contributed by atoms with Gasteiger partial charge in [0.25, 0.3) is 0 Å². The summed E-state index contributed by atoms with van der Waals surface area (Å²) in [5.41, 5.74) is 27.9. The molecule has 0 aliphatic rings. The molecule has 0 unspecified atom stereocenters. The zero-order valence-electron chi connectivity index (χ0n) is 48.6. The summed E-state index contributed by atoms with van der Waals surface area (Å²) >= 11 is 0. The summed E-state index contributed by atoms with van der Waals surface area (Å²) in [5, 5.41) is 85.4. The topological polar surface area (TPSA) is 489 Å². The average molecular weight is 1200 g/mol. The SMILES string of the molecule is C#CCC[C@H](NC)C(=O)O.C#CCOc1ccc(C[C@H](NC)C(=O)O)cc1.C#CC[C@H](NC)C(=O)O.C#Cc1ccc(C[C@H](NC)C(=O)O)cc1.CC[C@H](N=[N+]=[N-])C(=O)O.CN[C@@H](CN=[N+]=[N-])C(=O)O.CN[C@@H](Cc1ccc(N=[N+]=[N-])cc1)C(=O)O. The normalized spacial score (nSPS) is 11.7. The zero-order valence-corrected chi connectivity index (χ0v) is 48.6. The van der Waals surface area contributed by atoms with E-state index in [0.29, 0.717) is 50.0 Å². The van der Waals surface area contributed by atoms with Crippen molar-refractivity contribution in [2.75, 3.05) is 55.4 Å². The van der Waals surface area contributed by atoms with Crippen LogP contribution in [0.3, 0.4) is 0 Å². The predicted molar refractivity (Wildman–Crippen MR) is 321 cm³/mol. The van der Waals surface area contributed by atoms with E-state index < -0.39 is 84.1 Å². The number of benzene rings is 3. The molecular formula is C56H75N15O15. The van der Waals surface area contributed by atoms with E-state index in [1.165, 1.54) is 7.05 Å². The Labute approximate surface area is 498 Å². The Morgan fingerprint density at radius 1 is 0.512 bits per heavy atom. The van der Waals surface area contributed by atoms with E-state index in [9.17, 15) is 33.6 Å². The van der Waals surface area contributed by atoms with Crippen molar-refractivity contribution in [3.05, 3.63) is 126 Å². The third kappa shape index (κ3) is 41.6. The van der Waals surface area contributed by atoms with Crippen LogP contribution in [0.25, 0.3) is 31.3 Å². The highest BCUT2D eigenvalue weighted by Gasteiger charge is 2.18. The predicted octanol–water partition coefficient (Wildman–Crippen LogP) is 4.52. The molecule has 0 heterocycles. The van der Waals surface area contributed by atoms with Crippen LogP contribution in [0.5, 0.6) is 5.75 Å². The first-order valence-corrected chi connectivity index (χ1v) is 25.3. The summed E-state index contributed by atoms with van der Waals surface area (Å²) in [7, 11) is 9.53. The number of rotatable bonds is 29. The molecule has 0 aliphatic carbocycles. The van der Waals surface area contributed by atoms with E-state index in [0.717, 1.165) is 22.3 Å². The van der Waals surface area contributed by atoms with Gasteiger partial charge in [0.05, 0.1) is 6.54 Å². The van der Waals surface area contributed by atoms with E-state index in [1.54, 1.807) is 78.6 Å². The van der Waals surface area contributed by atoms with Gasteiger partial charge >= 0.3 is 41.8 Å². The Bertz CT molecular complexity index is 2830. The van der Waals surface area contributed by atoms with Crippen LogP contribution >= 0.6 is 0 Å². The molecule has 30 nitrogen and oxygen atoms in total.